The molecule has 0 fully saturated rings. The summed E-state index contributed by atoms with van der Waals surface area (Å²) in [5.41, 5.74) is -1.59. The van der Waals surface area contributed by atoms with E-state index in [1.54, 1.807) is 41.5 Å². The SMILES string of the molecule is COP(=O)(OC)C(NC(=O)OC(C)(C)C)C(=O)O.COP(=O)(OC)C(NC(=O)OC(C)(C)C)C(=O)OCC[Si](C)(C)C. The third-order valence-electron chi connectivity index (χ3n) is 4.51. The number of hydrogen-bond donors (Lipinski definition) is 3. The zero-order chi connectivity index (χ0) is 33.7. The van der Waals surface area contributed by atoms with Crippen molar-refractivity contribution < 1.29 is 65.7 Å². The minimum atomic E-state index is -3.98. The van der Waals surface area contributed by atoms with Crippen LogP contribution in [0.3, 0.4) is 0 Å². The molecule has 0 spiro atoms. The first kappa shape index (κ1) is 42.1. The van der Waals surface area contributed by atoms with Gasteiger partial charge in [-0.25, -0.2) is 19.2 Å². The van der Waals surface area contributed by atoms with Crippen molar-refractivity contribution in [2.45, 2.75) is 90.0 Å². The number of esters is 1. The van der Waals surface area contributed by atoms with Gasteiger partial charge in [-0.1, -0.05) is 19.6 Å². The Balaban J connectivity index is 0. The molecule has 0 heterocycles. The van der Waals surface area contributed by atoms with Crippen molar-refractivity contribution in [2.75, 3.05) is 35.0 Å². The van der Waals surface area contributed by atoms with Gasteiger partial charge in [0.05, 0.1) is 6.61 Å². The molecule has 248 valence electrons. The van der Waals surface area contributed by atoms with E-state index in [1.807, 2.05) is 5.32 Å². The first-order valence-corrected chi connectivity index (χ1v) is 19.5. The van der Waals surface area contributed by atoms with Crippen LogP contribution in [0.4, 0.5) is 9.59 Å². The Bertz CT molecular complexity index is 989. The Labute approximate surface area is 248 Å². The van der Waals surface area contributed by atoms with Crippen LogP contribution >= 0.6 is 15.2 Å². The summed E-state index contributed by atoms with van der Waals surface area (Å²) in [6.07, 6.45) is -1.94. The van der Waals surface area contributed by atoms with Crippen LogP contribution in [0.1, 0.15) is 41.5 Å². The van der Waals surface area contributed by atoms with Crippen molar-refractivity contribution in [3.05, 3.63) is 0 Å². The largest absolute Gasteiger partial charge is 0.479 e. The van der Waals surface area contributed by atoms with Crippen molar-refractivity contribution in [1.29, 1.82) is 0 Å². The van der Waals surface area contributed by atoms with Crippen LogP contribution in [-0.4, -0.2) is 95.1 Å². The predicted octanol–water partition coefficient (Wildman–Crippen LogP) is 4.61. The Hall–Kier alpha value is -2.00. The average Bonchev–Trinajstić information content (AvgIpc) is 2.82. The maximum Gasteiger partial charge on any atom is 0.408 e. The lowest BCUT2D eigenvalue weighted by molar-refractivity contribution is -0.143. The van der Waals surface area contributed by atoms with Crippen molar-refractivity contribution in [2.24, 2.45) is 0 Å². The number of carboxylic acid groups (broad SMARTS) is 1. The van der Waals surface area contributed by atoms with E-state index in [9.17, 15) is 28.3 Å². The summed E-state index contributed by atoms with van der Waals surface area (Å²) in [7, 11) is -5.00. The van der Waals surface area contributed by atoms with Crippen LogP contribution in [0.5, 0.6) is 0 Å². The molecule has 2 atom stereocenters. The molecule has 0 aliphatic heterocycles. The molecule has 0 aromatic rings. The van der Waals surface area contributed by atoms with Gasteiger partial charge >= 0.3 is 39.3 Å². The van der Waals surface area contributed by atoms with E-state index < -0.39 is 70.2 Å². The lowest BCUT2D eigenvalue weighted by atomic mass is 10.2. The third kappa shape index (κ3) is 17.2. The molecule has 0 saturated carbocycles. The molecule has 0 bridgehead atoms. The molecule has 42 heavy (non-hydrogen) atoms. The van der Waals surface area contributed by atoms with E-state index in [0.29, 0.717) is 0 Å². The highest BCUT2D eigenvalue weighted by atomic mass is 31.2. The summed E-state index contributed by atoms with van der Waals surface area (Å²) >= 11 is 0. The highest BCUT2D eigenvalue weighted by Crippen LogP contribution is 2.51. The van der Waals surface area contributed by atoms with E-state index >= 15 is 0 Å². The summed E-state index contributed by atoms with van der Waals surface area (Å²) in [6.45, 7) is 16.4. The van der Waals surface area contributed by atoms with Crippen molar-refractivity contribution >= 4 is 47.4 Å². The monoisotopic (exact) mass is 666 g/mol. The molecule has 0 aliphatic carbocycles. The van der Waals surface area contributed by atoms with Crippen LogP contribution in [-0.2, 0) is 51.0 Å². The van der Waals surface area contributed by atoms with Gasteiger partial charge in [0.1, 0.15) is 11.2 Å². The summed E-state index contributed by atoms with van der Waals surface area (Å²) in [5.74, 6) is -5.86. The Morgan fingerprint density at radius 3 is 1.33 bits per heavy atom. The highest BCUT2D eigenvalue weighted by Gasteiger charge is 2.44. The summed E-state index contributed by atoms with van der Waals surface area (Å²) in [4.78, 5) is 46.6. The first-order valence-electron chi connectivity index (χ1n) is 12.6. The molecular formula is C23H48N2O14P2Si. The number of nitrogens with one attached hydrogen (secondary N) is 2. The van der Waals surface area contributed by atoms with Gasteiger partial charge in [-0.2, -0.15) is 0 Å². The van der Waals surface area contributed by atoms with E-state index in [-0.39, 0.29) is 6.61 Å². The Morgan fingerprint density at radius 2 is 1.05 bits per heavy atom. The van der Waals surface area contributed by atoms with Gasteiger partial charge in [0.25, 0.3) is 0 Å². The van der Waals surface area contributed by atoms with E-state index in [2.05, 4.69) is 34.0 Å². The highest BCUT2D eigenvalue weighted by molar-refractivity contribution is 7.56. The zero-order valence-corrected chi connectivity index (χ0v) is 29.5. The molecular weight excluding hydrogens is 618 g/mol. The van der Waals surface area contributed by atoms with Gasteiger partial charge in [-0.3, -0.25) is 19.8 Å². The number of amides is 2. The van der Waals surface area contributed by atoms with Crippen LogP contribution in [0.15, 0.2) is 0 Å². The molecule has 0 rings (SSSR count). The number of carbonyl (C=O) groups is 4. The zero-order valence-electron chi connectivity index (χ0n) is 26.7. The fourth-order valence-corrected chi connectivity index (χ4v) is 5.48. The number of ether oxygens (including phenoxy) is 3. The van der Waals surface area contributed by atoms with Crippen LogP contribution in [0.25, 0.3) is 0 Å². The first-order chi connectivity index (χ1) is 18.8. The topological polar surface area (TPSA) is 211 Å². The number of carbonyl (C=O) groups excluding carboxylic acids is 3. The van der Waals surface area contributed by atoms with Crippen LogP contribution in [0.2, 0.25) is 25.7 Å². The molecule has 19 heteroatoms. The maximum atomic E-state index is 12.5. The number of aliphatic carboxylic acids is 1. The van der Waals surface area contributed by atoms with Gasteiger partial charge in [0.2, 0.25) is 11.6 Å². The summed E-state index contributed by atoms with van der Waals surface area (Å²) < 4.78 is 58.2. The number of rotatable bonds is 13. The Morgan fingerprint density at radius 1 is 0.714 bits per heavy atom. The fraction of sp³-hybridized carbons (Fsp3) is 0.826. The molecule has 0 aromatic carbocycles. The second-order valence-electron chi connectivity index (χ2n) is 11.7. The normalized spacial score (nSPS) is 13.9. The molecule has 2 amide bonds. The maximum absolute atomic E-state index is 12.5. The summed E-state index contributed by atoms with van der Waals surface area (Å²) in [5, 5.41) is 13.1. The minimum absolute atomic E-state index is 0.175. The van der Waals surface area contributed by atoms with Gasteiger partial charge in [0, 0.05) is 36.5 Å². The molecule has 0 aromatic heterocycles. The standard InChI is InChI=1S/C14H30NO7PSi.C9H18NO7P/c1-14(2,3)22-13(17)15-11(23(18,19-4)20-5)12(16)21-9-10-24(6,7)8;1-9(2,3)17-8(13)10-6(7(11)12)18(14,15-4)16-5/h11H,9-10H2,1-8H3,(H,15,17);6H,1-5H3,(H,10,13)(H,11,12). The molecule has 16 nitrogen and oxygen atoms in total. The summed E-state index contributed by atoms with van der Waals surface area (Å²) in [6, 6.07) is 0.738. The van der Waals surface area contributed by atoms with Gasteiger partial charge in [-0.05, 0) is 47.6 Å². The lowest BCUT2D eigenvalue weighted by Gasteiger charge is -2.26. The van der Waals surface area contributed by atoms with E-state index in [4.69, 9.17) is 28.4 Å². The second-order valence-corrected chi connectivity index (χ2v) is 22.0. The van der Waals surface area contributed by atoms with Crippen LogP contribution < -0.4 is 10.6 Å². The number of carboxylic acids is 1. The van der Waals surface area contributed by atoms with Crippen molar-refractivity contribution in [3.63, 3.8) is 0 Å². The number of hydrogen-bond acceptors (Lipinski definition) is 13. The number of alkyl carbamates (subject to hydrolysis) is 2. The molecule has 2 unspecified atom stereocenters. The smallest absolute Gasteiger partial charge is 0.408 e. The molecule has 0 saturated heterocycles. The third-order valence-corrected chi connectivity index (χ3v) is 10.2. The quantitative estimate of drug-likeness (QED) is 0.106. The van der Waals surface area contributed by atoms with Gasteiger partial charge in [0.15, 0.2) is 0 Å². The minimum Gasteiger partial charge on any atom is -0.479 e. The molecule has 0 radical (unpaired) electrons. The van der Waals surface area contributed by atoms with Crippen LogP contribution in [0, 0.1) is 0 Å². The predicted molar refractivity (Wildman–Crippen MR) is 156 cm³/mol. The molecule has 0 aliphatic rings. The van der Waals surface area contributed by atoms with Gasteiger partial charge in [-0.15, -0.1) is 0 Å². The van der Waals surface area contributed by atoms with Gasteiger partial charge < -0.3 is 37.4 Å². The average molecular weight is 667 g/mol. The second kappa shape index (κ2) is 17.3. The van der Waals surface area contributed by atoms with E-state index in [1.165, 1.54) is 0 Å². The van der Waals surface area contributed by atoms with Crippen molar-refractivity contribution in [1.82, 2.24) is 10.6 Å². The lowest BCUT2D eigenvalue weighted by Crippen LogP contribution is -2.44. The van der Waals surface area contributed by atoms with Crippen molar-refractivity contribution in [3.8, 4) is 0 Å². The molecule has 3 N–H and O–H groups in total. The van der Waals surface area contributed by atoms with E-state index in [0.717, 1.165) is 34.5 Å². The Kier molecular flexibility index (Phi) is 17.4. The fourth-order valence-electron chi connectivity index (χ4n) is 2.49.